The summed E-state index contributed by atoms with van der Waals surface area (Å²) in [5.41, 5.74) is 3.63. The number of thiophene rings is 1. The van der Waals surface area contributed by atoms with Crippen molar-refractivity contribution in [2.75, 3.05) is 13.2 Å². The van der Waals surface area contributed by atoms with Crippen LogP contribution in [-0.4, -0.2) is 28.2 Å². The highest BCUT2D eigenvalue weighted by Crippen LogP contribution is 2.35. The van der Waals surface area contributed by atoms with E-state index in [0.717, 1.165) is 42.0 Å². The van der Waals surface area contributed by atoms with Crippen molar-refractivity contribution < 1.29 is 5.11 Å². The van der Waals surface area contributed by atoms with Crippen LogP contribution in [0.25, 0.3) is 10.2 Å². The number of aliphatic hydroxyl groups is 1. The van der Waals surface area contributed by atoms with Gasteiger partial charge in [-0.2, -0.15) is 0 Å². The van der Waals surface area contributed by atoms with Crippen molar-refractivity contribution in [3.05, 3.63) is 58.4 Å². The average Bonchev–Trinajstić information content (AvgIpc) is 2.99. The molecule has 0 saturated carbocycles. The van der Waals surface area contributed by atoms with Gasteiger partial charge in [0.15, 0.2) is 0 Å². The zero-order valence-corrected chi connectivity index (χ0v) is 13.6. The van der Waals surface area contributed by atoms with Gasteiger partial charge in [-0.3, -0.25) is 0 Å². The van der Waals surface area contributed by atoms with Crippen LogP contribution in [0, 0.1) is 0 Å². The van der Waals surface area contributed by atoms with Gasteiger partial charge in [-0.1, -0.05) is 30.3 Å². The fraction of sp³-hybridized carbons (Fsp3) is 0.333. The molecule has 0 saturated heterocycles. The summed E-state index contributed by atoms with van der Waals surface area (Å²) >= 11 is 1.77. The van der Waals surface area contributed by atoms with E-state index in [1.54, 1.807) is 17.7 Å². The van der Waals surface area contributed by atoms with Gasteiger partial charge in [0.05, 0.1) is 12.3 Å². The van der Waals surface area contributed by atoms with Crippen LogP contribution in [0.4, 0.5) is 0 Å². The fourth-order valence-corrected chi connectivity index (χ4v) is 4.50. The molecule has 1 aliphatic rings. The number of fused-ring (bicyclic) bond motifs is 3. The van der Waals surface area contributed by atoms with Crippen molar-refractivity contribution in [3.63, 3.8) is 0 Å². The monoisotopic (exact) mass is 325 g/mol. The molecule has 3 aromatic rings. The molecule has 0 amide bonds. The van der Waals surface area contributed by atoms with E-state index < -0.39 is 0 Å². The summed E-state index contributed by atoms with van der Waals surface area (Å²) < 4.78 is 0. The molecule has 4 nitrogen and oxygen atoms in total. The molecule has 0 radical (unpaired) electrons. The molecule has 2 aromatic heterocycles. The minimum absolute atomic E-state index is 0.0755. The van der Waals surface area contributed by atoms with Crippen LogP contribution in [0.1, 0.15) is 27.6 Å². The van der Waals surface area contributed by atoms with Crippen LogP contribution in [0.5, 0.6) is 0 Å². The first-order valence-electron chi connectivity index (χ1n) is 7.97. The molecule has 2 N–H and O–H groups in total. The summed E-state index contributed by atoms with van der Waals surface area (Å²) in [5, 5.41) is 14.5. The van der Waals surface area contributed by atoms with Gasteiger partial charge in [-0.15, -0.1) is 11.3 Å². The number of aromatic nitrogens is 2. The lowest BCUT2D eigenvalue weighted by Gasteiger charge is -2.16. The van der Waals surface area contributed by atoms with Gasteiger partial charge < -0.3 is 10.4 Å². The number of aliphatic hydroxyl groups excluding tert-OH is 1. The highest BCUT2D eigenvalue weighted by atomic mass is 32.1. The largest absolute Gasteiger partial charge is 0.396 e. The fourth-order valence-electron chi connectivity index (χ4n) is 3.33. The Morgan fingerprint density at radius 3 is 2.91 bits per heavy atom. The predicted octanol–water partition coefficient (Wildman–Crippen LogP) is 2.66. The standard InChI is InChI=1S/C18H19N3OS/c22-10-13(12-4-2-1-3-5-12)8-15-17-14-6-7-19-9-16(14)23-18(17)21-11-20-15/h1-5,11,13,19,22H,6-10H2/t13-/m1/s1. The van der Waals surface area contributed by atoms with Gasteiger partial charge >= 0.3 is 0 Å². The Kier molecular flexibility index (Phi) is 4.08. The van der Waals surface area contributed by atoms with Gasteiger partial charge in [0, 0.05) is 22.7 Å². The zero-order valence-electron chi connectivity index (χ0n) is 12.8. The van der Waals surface area contributed by atoms with E-state index >= 15 is 0 Å². The van der Waals surface area contributed by atoms with E-state index in [9.17, 15) is 5.11 Å². The predicted molar refractivity (Wildman–Crippen MR) is 92.8 cm³/mol. The Morgan fingerprint density at radius 1 is 1.22 bits per heavy atom. The highest BCUT2D eigenvalue weighted by molar-refractivity contribution is 7.18. The number of hydrogen-bond donors (Lipinski definition) is 2. The Bertz CT molecular complexity index is 816. The number of nitrogens with one attached hydrogen (secondary N) is 1. The minimum atomic E-state index is 0.0755. The third-order valence-electron chi connectivity index (χ3n) is 4.52. The molecule has 0 spiro atoms. The van der Waals surface area contributed by atoms with Crippen LogP contribution in [0.15, 0.2) is 36.7 Å². The second kappa shape index (κ2) is 6.35. The maximum atomic E-state index is 9.85. The first-order chi connectivity index (χ1) is 11.4. The summed E-state index contributed by atoms with van der Waals surface area (Å²) in [7, 11) is 0. The normalized spacial score (nSPS) is 15.5. The van der Waals surface area contributed by atoms with E-state index in [-0.39, 0.29) is 12.5 Å². The molecule has 0 bridgehead atoms. The van der Waals surface area contributed by atoms with Gasteiger partial charge in [0.25, 0.3) is 0 Å². The number of hydrogen-bond acceptors (Lipinski definition) is 5. The first-order valence-corrected chi connectivity index (χ1v) is 8.79. The van der Waals surface area contributed by atoms with Crippen molar-refractivity contribution in [1.82, 2.24) is 15.3 Å². The maximum Gasteiger partial charge on any atom is 0.127 e. The molecule has 1 atom stereocenters. The van der Waals surface area contributed by atoms with Gasteiger partial charge in [-0.05, 0) is 30.5 Å². The lowest BCUT2D eigenvalue weighted by molar-refractivity contribution is 0.264. The molecule has 23 heavy (non-hydrogen) atoms. The summed E-state index contributed by atoms with van der Waals surface area (Å²) in [6.07, 6.45) is 3.44. The van der Waals surface area contributed by atoms with E-state index in [4.69, 9.17) is 0 Å². The second-order valence-electron chi connectivity index (χ2n) is 5.93. The van der Waals surface area contributed by atoms with Gasteiger partial charge in [0.1, 0.15) is 11.2 Å². The van der Waals surface area contributed by atoms with E-state index in [1.165, 1.54) is 15.8 Å². The molecule has 0 unspecified atom stereocenters. The van der Waals surface area contributed by atoms with Crippen molar-refractivity contribution >= 4 is 21.6 Å². The third-order valence-corrected chi connectivity index (χ3v) is 5.66. The van der Waals surface area contributed by atoms with Crippen molar-refractivity contribution in [2.45, 2.75) is 25.3 Å². The van der Waals surface area contributed by atoms with E-state index in [1.807, 2.05) is 18.2 Å². The van der Waals surface area contributed by atoms with Crippen molar-refractivity contribution in [3.8, 4) is 0 Å². The highest BCUT2D eigenvalue weighted by Gasteiger charge is 2.21. The Morgan fingerprint density at radius 2 is 2.09 bits per heavy atom. The lowest BCUT2D eigenvalue weighted by Crippen LogP contribution is -2.22. The molecule has 4 rings (SSSR count). The summed E-state index contributed by atoms with van der Waals surface area (Å²) in [6, 6.07) is 10.2. The smallest absolute Gasteiger partial charge is 0.127 e. The Labute approximate surface area is 139 Å². The minimum Gasteiger partial charge on any atom is -0.396 e. The molecule has 1 aromatic carbocycles. The molecular weight excluding hydrogens is 306 g/mol. The number of nitrogens with zero attached hydrogens (tertiary/aromatic N) is 2. The number of rotatable bonds is 4. The Balaban J connectivity index is 1.75. The molecule has 0 aliphatic carbocycles. The SMILES string of the molecule is OC[C@@H](Cc1ncnc2sc3c(c12)CCNC3)c1ccccc1. The zero-order chi connectivity index (χ0) is 15.6. The summed E-state index contributed by atoms with van der Waals surface area (Å²) in [5.74, 6) is 0.0755. The van der Waals surface area contributed by atoms with Crippen LogP contribution in [-0.2, 0) is 19.4 Å². The number of benzene rings is 1. The summed E-state index contributed by atoms with van der Waals surface area (Å²) in [4.78, 5) is 11.5. The van der Waals surface area contributed by atoms with E-state index in [0.29, 0.717) is 0 Å². The van der Waals surface area contributed by atoms with Crippen LogP contribution in [0.2, 0.25) is 0 Å². The van der Waals surface area contributed by atoms with Crippen molar-refractivity contribution in [1.29, 1.82) is 0 Å². The molecule has 3 heterocycles. The van der Waals surface area contributed by atoms with Crippen LogP contribution in [0.3, 0.4) is 0 Å². The second-order valence-corrected chi connectivity index (χ2v) is 7.01. The van der Waals surface area contributed by atoms with E-state index in [2.05, 4.69) is 27.4 Å². The van der Waals surface area contributed by atoms with Crippen LogP contribution < -0.4 is 5.32 Å². The van der Waals surface area contributed by atoms with Crippen LogP contribution >= 0.6 is 11.3 Å². The van der Waals surface area contributed by atoms with Gasteiger partial charge in [-0.25, -0.2) is 9.97 Å². The van der Waals surface area contributed by atoms with Gasteiger partial charge in [0.2, 0.25) is 0 Å². The van der Waals surface area contributed by atoms with Crippen molar-refractivity contribution in [2.24, 2.45) is 0 Å². The quantitative estimate of drug-likeness (QED) is 0.774. The molecule has 5 heteroatoms. The molecule has 1 aliphatic heterocycles. The topological polar surface area (TPSA) is 58.0 Å². The summed E-state index contributed by atoms with van der Waals surface area (Å²) in [6.45, 7) is 2.07. The Hall–Kier alpha value is -1.82. The molecule has 118 valence electrons. The lowest BCUT2D eigenvalue weighted by atomic mass is 9.93. The molecule has 0 fully saturated rings. The maximum absolute atomic E-state index is 9.85. The molecular formula is C18H19N3OS. The first kappa shape index (κ1) is 14.8. The third kappa shape index (κ3) is 2.76. The average molecular weight is 325 g/mol.